The lowest BCUT2D eigenvalue weighted by molar-refractivity contribution is 0.318. The van der Waals surface area contributed by atoms with E-state index in [4.69, 9.17) is 5.73 Å². The molecule has 1 aromatic rings. The van der Waals surface area contributed by atoms with Crippen LogP contribution in [0.4, 0.5) is 5.69 Å². The molecule has 0 radical (unpaired) electrons. The lowest BCUT2D eigenvalue weighted by Gasteiger charge is -2.34. The molecule has 17 heavy (non-hydrogen) atoms. The van der Waals surface area contributed by atoms with E-state index in [0.717, 1.165) is 13.0 Å². The van der Waals surface area contributed by atoms with Crippen LogP contribution in [0.25, 0.3) is 0 Å². The molecule has 1 aliphatic rings. The molecule has 0 saturated heterocycles. The van der Waals surface area contributed by atoms with Gasteiger partial charge in [-0.25, -0.2) is 0 Å². The lowest BCUT2D eigenvalue weighted by atomic mass is 9.87. The van der Waals surface area contributed by atoms with Crippen molar-refractivity contribution in [2.75, 3.05) is 11.4 Å². The van der Waals surface area contributed by atoms with Crippen LogP contribution >= 0.6 is 0 Å². The highest BCUT2D eigenvalue weighted by Crippen LogP contribution is 2.33. The van der Waals surface area contributed by atoms with Gasteiger partial charge in [0.2, 0.25) is 0 Å². The van der Waals surface area contributed by atoms with Gasteiger partial charge in [0.15, 0.2) is 0 Å². The van der Waals surface area contributed by atoms with Gasteiger partial charge in [-0.3, -0.25) is 0 Å². The Hall–Kier alpha value is -1.02. The number of hydrogen-bond acceptors (Lipinski definition) is 2. The molecular formula is C15H24N2. The third-order valence-corrected chi connectivity index (χ3v) is 3.85. The summed E-state index contributed by atoms with van der Waals surface area (Å²) in [5.41, 5.74) is 9.31. The minimum atomic E-state index is 0.164. The molecule has 0 spiro atoms. The van der Waals surface area contributed by atoms with Crippen LogP contribution in [0.3, 0.4) is 0 Å². The van der Waals surface area contributed by atoms with Crippen LogP contribution < -0.4 is 10.6 Å². The lowest BCUT2D eigenvalue weighted by Crippen LogP contribution is -2.47. The Morgan fingerprint density at radius 2 is 2.00 bits per heavy atom. The molecule has 94 valence electrons. The molecule has 0 fully saturated rings. The van der Waals surface area contributed by atoms with Crippen LogP contribution in [0.15, 0.2) is 24.3 Å². The summed E-state index contributed by atoms with van der Waals surface area (Å²) < 4.78 is 0. The van der Waals surface area contributed by atoms with Crippen molar-refractivity contribution in [3.05, 3.63) is 29.8 Å². The van der Waals surface area contributed by atoms with E-state index < -0.39 is 0 Å². The zero-order valence-corrected chi connectivity index (χ0v) is 11.4. The van der Waals surface area contributed by atoms with E-state index in [1.54, 1.807) is 0 Å². The summed E-state index contributed by atoms with van der Waals surface area (Å²) in [6.07, 6.45) is 1.15. The van der Waals surface area contributed by atoms with E-state index in [1.165, 1.54) is 11.3 Å². The first-order valence-corrected chi connectivity index (χ1v) is 6.49. The van der Waals surface area contributed by atoms with Gasteiger partial charge in [0.1, 0.15) is 0 Å². The molecule has 2 unspecified atom stereocenters. The second-order valence-corrected chi connectivity index (χ2v) is 6.31. The van der Waals surface area contributed by atoms with Crippen LogP contribution in [0.1, 0.15) is 33.3 Å². The average molecular weight is 232 g/mol. The van der Waals surface area contributed by atoms with E-state index in [2.05, 4.69) is 56.9 Å². The van der Waals surface area contributed by atoms with Crippen molar-refractivity contribution >= 4 is 5.69 Å². The summed E-state index contributed by atoms with van der Waals surface area (Å²) >= 11 is 0. The van der Waals surface area contributed by atoms with Crippen LogP contribution in [-0.4, -0.2) is 18.6 Å². The highest BCUT2D eigenvalue weighted by Gasteiger charge is 2.30. The zero-order valence-electron chi connectivity index (χ0n) is 11.4. The predicted molar refractivity (Wildman–Crippen MR) is 74.4 cm³/mol. The third kappa shape index (κ3) is 2.47. The number of hydrogen-bond donors (Lipinski definition) is 1. The van der Waals surface area contributed by atoms with Gasteiger partial charge in [-0.2, -0.15) is 0 Å². The quantitative estimate of drug-likeness (QED) is 0.849. The van der Waals surface area contributed by atoms with Gasteiger partial charge in [-0.1, -0.05) is 39.0 Å². The third-order valence-electron chi connectivity index (χ3n) is 3.85. The molecule has 2 rings (SSSR count). The Labute approximate surface area is 105 Å². The van der Waals surface area contributed by atoms with E-state index in [-0.39, 0.29) is 11.5 Å². The first-order chi connectivity index (χ1) is 7.89. The van der Waals surface area contributed by atoms with Gasteiger partial charge in [0.05, 0.1) is 0 Å². The molecule has 2 nitrogen and oxygen atoms in total. The molecule has 0 amide bonds. The number of fused-ring (bicyclic) bond motifs is 1. The average Bonchev–Trinajstić information content (AvgIpc) is 2.54. The number of anilines is 1. The SMILES string of the molecule is CC1Cc2ccccc2N1CC(N)C(C)(C)C. The zero-order chi connectivity index (χ0) is 12.6. The second-order valence-electron chi connectivity index (χ2n) is 6.31. The Bertz CT molecular complexity index is 392. The van der Waals surface area contributed by atoms with E-state index in [0.29, 0.717) is 6.04 Å². The summed E-state index contributed by atoms with van der Waals surface area (Å²) in [5, 5.41) is 0. The van der Waals surface area contributed by atoms with Gasteiger partial charge in [-0.05, 0) is 30.4 Å². The number of nitrogens with zero attached hydrogens (tertiary/aromatic N) is 1. The molecular weight excluding hydrogens is 208 g/mol. The summed E-state index contributed by atoms with van der Waals surface area (Å²) in [6, 6.07) is 9.46. The molecule has 0 aliphatic carbocycles. The minimum Gasteiger partial charge on any atom is -0.367 e. The largest absolute Gasteiger partial charge is 0.367 e. The van der Waals surface area contributed by atoms with Crippen LogP contribution in [0, 0.1) is 5.41 Å². The fourth-order valence-electron chi connectivity index (χ4n) is 2.39. The summed E-state index contributed by atoms with van der Waals surface area (Å²) in [5.74, 6) is 0. The smallest absolute Gasteiger partial charge is 0.0402 e. The summed E-state index contributed by atoms with van der Waals surface area (Å²) in [7, 11) is 0. The van der Waals surface area contributed by atoms with E-state index in [1.807, 2.05) is 0 Å². The fraction of sp³-hybridized carbons (Fsp3) is 0.600. The number of benzene rings is 1. The number of nitrogens with two attached hydrogens (primary N) is 1. The van der Waals surface area contributed by atoms with Crippen LogP contribution in [-0.2, 0) is 6.42 Å². The van der Waals surface area contributed by atoms with Crippen molar-refractivity contribution in [2.45, 2.75) is 46.2 Å². The normalized spacial score (nSPS) is 21.5. The predicted octanol–water partition coefficient (Wildman–Crippen LogP) is 2.81. The Balaban J connectivity index is 2.17. The first kappa shape index (κ1) is 12.4. The van der Waals surface area contributed by atoms with Gasteiger partial charge < -0.3 is 10.6 Å². The molecule has 1 aliphatic heterocycles. The summed E-state index contributed by atoms with van der Waals surface area (Å²) in [4.78, 5) is 2.46. The van der Waals surface area contributed by atoms with Gasteiger partial charge in [0.25, 0.3) is 0 Å². The molecule has 2 heteroatoms. The first-order valence-electron chi connectivity index (χ1n) is 6.49. The Kier molecular flexibility index (Phi) is 3.17. The summed E-state index contributed by atoms with van der Waals surface area (Å²) in [6.45, 7) is 9.87. The molecule has 2 atom stereocenters. The van der Waals surface area contributed by atoms with Crippen LogP contribution in [0.2, 0.25) is 0 Å². The Morgan fingerprint density at radius 3 is 2.65 bits per heavy atom. The van der Waals surface area contributed by atoms with Crippen molar-refractivity contribution in [1.29, 1.82) is 0 Å². The van der Waals surface area contributed by atoms with Crippen molar-refractivity contribution < 1.29 is 0 Å². The number of rotatable bonds is 2. The monoisotopic (exact) mass is 232 g/mol. The van der Waals surface area contributed by atoms with E-state index >= 15 is 0 Å². The Morgan fingerprint density at radius 1 is 1.35 bits per heavy atom. The number of para-hydroxylation sites is 1. The maximum atomic E-state index is 6.31. The molecule has 1 aromatic carbocycles. The van der Waals surface area contributed by atoms with Gasteiger partial charge in [0, 0.05) is 24.3 Å². The van der Waals surface area contributed by atoms with Crippen LogP contribution in [0.5, 0.6) is 0 Å². The maximum Gasteiger partial charge on any atom is 0.0402 e. The van der Waals surface area contributed by atoms with E-state index in [9.17, 15) is 0 Å². The fourth-order valence-corrected chi connectivity index (χ4v) is 2.39. The van der Waals surface area contributed by atoms with Gasteiger partial charge >= 0.3 is 0 Å². The van der Waals surface area contributed by atoms with Crippen molar-refractivity contribution in [3.63, 3.8) is 0 Å². The van der Waals surface area contributed by atoms with Crippen molar-refractivity contribution in [2.24, 2.45) is 11.1 Å². The second kappa shape index (κ2) is 4.34. The topological polar surface area (TPSA) is 29.3 Å². The highest BCUT2D eigenvalue weighted by molar-refractivity contribution is 5.59. The van der Waals surface area contributed by atoms with Gasteiger partial charge in [-0.15, -0.1) is 0 Å². The minimum absolute atomic E-state index is 0.164. The standard InChI is InChI=1S/C15H24N2/c1-11-9-12-7-5-6-8-13(12)17(11)10-14(16)15(2,3)4/h5-8,11,14H,9-10,16H2,1-4H3. The molecule has 1 heterocycles. The van der Waals surface area contributed by atoms with Crippen molar-refractivity contribution in [3.8, 4) is 0 Å². The highest BCUT2D eigenvalue weighted by atomic mass is 15.2. The maximum absolute atomic E-state index is 6.31. The van der Waals surface area contributed by atoms with Crippen molar-refractivity contribution in [1.82, 2.24) is 0 Å². The molecule has 0 aromatic heterocycles. The molecule has 0 bridgehead atoms. The molecule has 2 N–H and O–H groups in total. The molecule has 0 saturated carbocycles.